The van der Waals surface area contributed by atoms with Gasteiger partial charge in [0.05, 0.1) is 41.1 Å². The monoisotopic (exact) mass is 461 g/mol. The van der Waals surface area contributed by atoms with Crippen LogP contribution in [0, 0.1) is 23.7 Å². The zero-order valence-corrected chi connectivity index (χ0v) is 20.5. The van der Waals surface area contributed by atoms with Crippen LogP contribution in [0.25, 0.3) is 5.69 Å². The highest BCUT2D eigenvalue weighted by molar-refractivity contribution is 5.92. The zero-order valence-electron chi connectivity index (χ0n) is 20.5. The van der Waals surface area contributed by atoms with Gasteiger partial charge in [0.25, 0.3) is 5.91 Å². The summed E-state index contributed by atoms with van der Waals surface area (Å²) < 4.78 is 1.51. The first-order chi connectivity index (χ1) is 15.9. The van der Waals surface area contributed by atoms with E-state index in [0.29, 0.717) is 29.2 Å². The third-order valence-electron chi connectivity index (χ3n) is 5.41. The van der Waals surface area contributed by atoms with Crippen molar-refractivity contribution in [3.63, 3.8) is 0 Å². The van der Waals surface area contributed by atoms with Gasteiger partial charge >= 0.3 is 0 Å². The number of aryl methyl sites for hydroxylation is 1. The number of benzene rings is 1. The largest absolute Gasteiger partial charge is 0.396 e. The molecule has 0 fully saturated rings. The van der Waals surface area contributed by atoms with Crippen LogP contribution in [-0.2, 0) is 5.41 Å². The van der Waals surface area contributed by atoms with Gasteiger partial charge in [0, 0.05) is 24.3 Å². The summed E-state index contributed by atoms with van der Waals surface area (Å²) in [6.07, 6.45) is 3.25. The molecule has 9 heteroatoms. The number of aliphatic hydroxyl groups is 1. The molecule has 3 aromatic rings. The molecule has 2 aromatic heterocycles. The summed E-state index contributed by atoms with van der Waals surface area (Å²) in [5, 5.41) is 33.0. The molecule has 3 rings (SSSR count). The van der Waals surface area contributed by atoms with Gasteiger partial charge in [0.1, 0.15) is 0 Å². The number of aromatic nitrogens is 4. The average molecular weight is 462 g/mol. The van der Waals surface area contributed by atoms with E-state index in [1.165, 1.54) is 4.68 Å². The normalized spacial score (nSPS) is 11.7. The topological polar surface area (TPSA) is 129 Å². The third kappa shape index (κ3) is 5.97. The molecule has 0 aliphatic carbocycles. The van der Waals surface area contributed by atoms with Crippen molar-refractivity contribution in [2.45, 2.75) is 47.0 Å². The van der Waals surface area contributed by atoms with Crippen molar-refractivity contribution < 1.29 is 9.90 Å². The molecule has 0 radical (unpaired) electrons. The van der Waals surface area contributed by atoms with E-state index in [1.54, 1.807) is 18.5 Å². The highest BCUT2D eigenvalue weighted by atomic mass is 16.3. The number of hydrogen-bond acceptors (Lipinski definition) is 7. The van der Waals surface area contributed by atoms with Crippen molar-refractivity contribution in [3.8, 4) is 11.8 Å². The van der Waals surface area contributed by atoms with E-state index >= 15 is 0 Å². The van der Waals surface area contributed by atoms with Crippen LogP contribution in [0.2, 0.25) is 0 Å². The Bertz CT molecular complexity index is 1230. The second-order valence-corrected chi connectivity index (χ2v) is 10.2. The van der Waals surface area contributed by atoms with Gasteiger partial charge in [-0.3, -0.25) is 9.78 Å². The number of nitrogens with one attached hydrogen (secondary N) is 2. The molecule has 2 heterocycles. The third-order valence-corrected chi connectivity index (χ3v) is 5.41. The number of anilines is 2. The molecule has 34 heavy (non-hydrogen) atoms. The number of nitriles is 1. The van der Waals surface area contributed by atoms with Gasteiger partial charge < -0.3 is 15.7 Å². The van der Waals surface area contributed by atoms with Crippen LogP contribution < -0.4 is 10.6 Å². The SMILES string of the molecule is Cc1ncc(Nc2cc(C#N)cc(C(C)(C)C)c2)cc1-n1cc(C(=O)NCC(C)(C)CO)nn1. The summed E-state index contributed by atoms with van der Waals surface area (Å²) in [5.74, 6) is -0.365. The van der Waals surface area contributed by atoms with Gasteiger partial charge in [-0.05, 0) is 42.2 Å². The minimum absolute atomic E-state index is 0.0425. The summed E-state index contributed by atoms with van der Waals surface area (Å²) in [6, 6.07) is 9.79. The molecule has 178 valence electrons. The van der Waals surface area contributed by atoms with Crippen molar-refractivity contribution in [3.05, 3.63) is 59.2 Å². The summed E-state index contributed by atoms with van der Waals surface area (Å²) in [4.78, 5) is 16.9. The van der Waals surface area contributed by atoms with Crippen LogP contribution in [-0.4, -0.2) is 44.1 Å². The number of hydrogen-bond donors (Lipinski definition) is 3. The van der Waals surface area contributed by atoms with Gasteiger partial charge in [-0.25, -0.2) is 4.68 Å². The molecular weight excluding hydrogens is 430 g/mol. The summed E-state index contributed by atoms with van der Waals surface area (Å²) in [5.41, 5.74) is 4.13. The molecular formula is C25H31N7O2. The number of pyridine rings is 1. The molecule has 0 aliphatic rings. The van der Waals surface area contributed by atoms with E-state index in [2.05, 4.69) is 52.8 Å². The van der Waals surface area contributed by atoms with Crippen LogP contribution in [0.1, 0.15) is 61.9 Å². The highest BCUT2D eigenvalue weighted by Crippen LogP contribution is 2.28. The van der Waals surface area contributed by atoms with Crippen LogP contribution in [0.5, 0.6) is 0 Å². The van der Waals surface area contributed by atoms with Gasteiger partial charge in [0.15, 0.2) is 5.69 Å². The van der Waals surface area contributed by atoms with Crippen molar-refractivity contribution in [2.75, 3.05) is 18.5 Å². The second-order valence-electron chi connectivity index (χ2n) is 10.2. The Morgan fingerprint density at radius 2 is 1.88 bits per heavy atom. The van der Waals surface area contributed by atoms with Crippen molar-refractivity contribution in [1.29, 1.82) is 5.26 Å². The fourth-order valence-electron chi connectivity index (χ4n) is 3.14. The fourth-order valence-corrected chi connectivity index (χ4v) is 3.14. The van der Waals surface area contributed by atoms with Crippen molar-refractivity contribution in [1.82, 2.24) is 25.3 Å². The Balaban J connectivity index is 1.85. The van der Waals surface area contributed by atoms with Crippen molar-refractivity contribution >= 4 is 17.3 Å². The first kappa shape index (κ1) is 24.9. The highest BCUT2D eigenvalue weighted by Gasteiger charge is 2.20. The predicted octanol–water partition coefficient (Wildman–Crippen LogP) is 3.63. The predicted molar refractivity (Wildman–Crippen MR) is 130 cm³/mol. The number of nitrogens with zero attached hydrogens (tertiary/aromatic N) is 5. The van der Waals surface area contributed by atoms with E-state index < -0.39 is 5.41 Å². The lowest BCUT2D eigenvalue weighted by Gasteiger charge is -2.21. The van der Waals surface area contributed by atoms with Gasteiger partial charge in [-0.1, -0.05) is 39.8 Å². The Hall–Kier alpha value is -3.77. The molecule has 0 aliphatic heterocycles. The lowest BCUT2D eigenvalue weighted by Crippen LogP contribution is -2.36. The average Bonchev–Trinajstić information content (AvgIpc) is 3.28. The molecule has 0 unspecified atom stereocenters. The van der Waals surface area contributed by atoms with E-state index in [0.717, 1.165) is 11.3 Å². The molecule has 1 aromatic carbocycles. The number of aliphatic hydroxyl groups excluding tert-OH is 1. The Morgan fingerprint density at radius 3 is 2.53 bits per heavy atom. The zero-order chi connectivity index (χ0) is 25.1. The smallest absolute Gasteiger partial charge is 0.273 e. The van der Waals surface area contributed by atoms with E-state index in [1.807, 2.05) is 39.0 Å². The molecule has 0 atom stereocenters. The van der Waals surface area contributed by atoms with Gasteiger partial charge in [-0.15, -0.1) is 5.10 Å². The molecule has 0 bridgehead atoms. The Kier molecular flexibility index (Phi) is 7.03. The summed E-state index contributed by atoms with van der Waals surface area (Å²) in [7, 11) is 0. The molecule has 3 N–H and O–H groups in total. The van der Waals surface area contributed by atoms with E-state index in [4.69, 9.17) is 0 Å². The van der Waals surface area contributed by atoms with Crippen molar-refractivity contribution in [2.24, 2.45) is 5.41 Å². The maximum atomic E-state index is 12.5. The van der Waals surface area contributed by atoms with Gasteiger partial charge in [-0.2, -0.15) is 5.26 Å². The number of carbonyl (C=O) groups is 1. The lowest BCUT2D eigenvalue weighted by atomic mass is 9.86. The standard InChI is InChI=1S/C25H31N7O2/c1-16-22(32-13-21(30-31-32)23(34)28-14-25(5,6)15-33)10-20(12-27-16)29-19-8-17(11-26)7-18(9-19)24(2,3)4/h7-10,12-13,29,33H,14-15H2,1-6H3,(H,28,34). The lowest BCUT2D eigenvalue weighted by molar-refractivity contribution is 0.0906. The minimum atomic E-state index is -0.429. The first-order valence-corrected chi connectivity index (χ1v) is 11.0. The van der Waals surface area contributed by atoms with Crippen LogP contribution in [0.4, 0.5) is 11.4 Å². The van der Waals surface area contributed by atoms with E-state index in [9.17, 15) is 15.2 Å². The van der Waals surface area contributed by atoms with Crippen LogP contribution in [0.15, 0.2) is 36.7 Å². The number of amides is 1. The molecule has 9 nitrogen and oxygen atoms in total. The molecule has 0 saturated carbocycles. The fraction of sp³-hybridized carbons (Fsp3) is 0.400. The Labute approximate surface area is 199 Å². The molecule has 0 spiro atoms. The van der Waals surface area contributed by atoms with Crippen LogP contribution >= 0.6 is 0 Å². The number of carbonyl (C=O) groups excluding carboxylic acids is 1. The quantitative estimate of drug-likeness (QED) is 0.490. The summed E-state index contributed by atoms with van der Waals surface area (Å²) >= 11 is 0. The Morgan fingerprint density at radius 1 is 1.15 bits per heavy atom. The maximum absolute atomic E-state index is 12.5. The molecule has 1 amide bonds. The molecule has 0 saturated heterocycles. The summed E-state index contributed by atoms with van der Waals surface area (Å²) in [6.45, 7) is 12.1. The van der Waals surface area contributed by atoms with Crippen LogP contribution in [0.3, 0.4) is 0 Å². The maximum Gasteiger partial charge on any atom is 0.273 e. The minimum Gasteiger partial charge on any atom is -0.396 e. The second kappa shape index (κ2) is 9.61. The first-order valence-electron chi connectivity index (χ1n) is 11.0. The van der Waals surface area contributed by atoms with E-state index in [-0.39, 0.29) is 23.6 Å². The number of rotatable bonds is 7. The van der Waals surface area contributed by atoms with Gasteiger partial charge in [0.2, 0.25) is 0 Å².